The van der Waals surface area contributed by atoms with E-state index in [0.717, 1.165) is 5.56 Å². The molecule has 0 amide bonds. The van der Waals surface area contributed by atoms with Crippen LogP contribution in [0.2, 0.25) is 0 Å². The zero-order valence-electron chi connectivity index (χ0n) is 11.2. The predicted molar refractivity (Wildman–Crippen MR) is 80.8 cm³/mol. The Morgan fingerprint density at radius 2 is 1.95 bits per heavy atom. The van der Waals surface area contributed by atoms with Gasteiger partial charge in [-0.1, -0.05) is 29.8 Å². The van der Waals surface area contributed by atoms with Crippen LogP contribution in [-0.2, 0) is 13.6 Å². The van der Waals surface area contributed by atoms with E-state index in [1.54, 1.807) is 22.6 Å². The molecule has 1 aromatic carbocycles. The zero-order valence-corrected chi connectivity index (χ0v) is 12.8. The molecule has 0 spiro atoms. The maximum Gasteiger partial charge on any atom is 0.265 e. The van der Waals surface area contributed by atoms with Crippen molar-refractivity contribution < 1.29 is 0 Å². The lowest BCUT2D eigenvalue weighted by Gasteiger charge is -2.06. The number of hydrogen-bond donors (Lipinski definition) is 0. The monoisotopic (exact) mass is 332 g/mol. The van der Waals surface area contributed by atoms with Crippen LogP contribution in [0.3, 0.4) is 0 Å². The third-order valence-corrected chi connectivity index (χ3v) is 3.80. The van der Waals surface area contributed by atoms with Gasteiger partial charge in [0.25, 0.3) is 5.56 Å². The summed E-state index contributed by atoms with van der Waals surface area (Å²) in [7, 11) is 1.77. The molecule has 0 N–H and O–H groups in total. The minimum absolute atomic E-state index is 0.0875. The molecule has 20 heavy (non-hydrogen) atoms. The smallest absolute Gasteiger partial charge is 0.265 e. The molecule has 0 fully saturated rings. The van der Waals surface area contributed by atoms with Crippen molar-refractivity contribution in [2.75, 3.05) is 0 Å². The van der Waals surface area contributed by atoms with Crippen LogP contribution < -0.4 is 5.56 Å². The van der Waals surface area contributed by atoms with Gasteiger partial charge in [0.15, 0.2) is 5.65 Å². The van der Waals surface area contributed by atoms with Gasteiger partial charge in [0.1, 0.15) is 16.3 Å². The molecular weight excluding hydrogens is 320 g/mol. The molecule has 0 saturated carbocycles. The first-order valence-corrected chi connectivity index (χ1v) is 6.99. The topological polar surface area (TPSA) is 52.7 Å². The fourth-order valence-corrected chi connectivity index (χ4v) is 2.72. The highest BCUT2D eigenvalue weighted by Gasteiger charge is 2.13. The molecule has 0 radical (unpaired) electrons. The third-order valence-electron chi connectivity index (χ3n) is 3.24. The summed E-state index contributed by atoms with van der Waals surface area (Å²) in [4.78, 5) is 16.8. The summed E-state index contributed by atoms with van der Waals surface area (Å²) in [6.45, 7) is 2.54. The van der Waals surface area contributed by atoms with E-state index in [1.165, 1.54) is 5.56 Å². The first kappa shape index (κ1) is 13.1. The average Bonchev–Trinajstić information content (AvgIpc) is 2.71. The van der Waals surface area contributed by atoms with Crippen LogP contribution in [0.25, 0.3) is 11.0 Å². The molecule has 0 saturated heterocycles. The van der Waals surface area contributed by atoms with Crippen LogP contribution in [-0.4, -0.2) is 19.3 Å². The summed E-state index contributed by atoms with van der Waals surface area (Å²) in [5, 5.41) is 4.68. The summed E-state index contributed by atoms with van der Waals surface area (Å²) in [5.41, 5.74) is 2.76. The molecule has 5 nitrogen and oxygen atoms in total. The summed E-state index contributed by atoms with van der Waals surface area (Å²) in [6.07, 6.45) is 1.57. The van der Waals surface area contributed by atoms with Crippen LogP contribution in [0, 0.1) is 6.92 Å². The van der Waals surface area contributed by atoms with Crippen molar-refractivity contribution in [1.29, 1.82) is 0 Å². The van der Waals surface area contributed by atoms with Gasteiger partial charge in [-0.05, 0) is 28.4 Å². The molecule has 0 unspecified atom stereocenters. The lowest BCUT2D eigenvalue weighted by atomic mass is 10.1. The first-order chi connectivity index (χ1) is 9.56. The van der Waals surface area contributed by atoms with Crippen LogP contribution in [0.5, 0.6) is 0 Å². The fraction of sp³-hybridized carbons (Fsp3) is 0.214. The average molecular weight is 333 g/mol. The van der Waals surface area contributed by atoms with E-state index in [1.807, 2.05) is 31.2 Å². The molecule has 2 aromatic heterocycles. The van der Waals surface area contributed by atoms with Gasteiger partial charge < -0.3 is 0 Å². The van der Waals surface area contributed by atoms with Gasteiger partial charge >= 0.3 is 0 Å². The molecule has 3 rings (SSSR count). The van der Waals surface area contributed by atoms with Crippen molar-refractivity contribution in [2.24, 2.45) is 7.05 Å². The molecule has 0 aliphatic rings. The summed E-state index contributed by atoms with van der Waals surface area (Å²) >= 11 is 3.31. The van der Waals surface area contributed by atoms with E-state index in [-0.39, 0.29) is 5.56 Å². The van der Waals surface area contributed by atoms with E-state index >= 15 is 0 Å². The third kappa shape index (κ3) is 2.16. The van der Waals surface area contributed by atoms with E-state index in [9.17, 15) is 4.79 Å². The molecular formula is C14H13BrN4O. The van der Waals surface area contributed by atoms with Gasteiger partial charge in [0.2, 0.25) is 0 Å². The Labute approximate surface area is 124 Å². The van der Waals surface area contributed by atoms with Gasteiger partial charge in [0.05, 0.1) is 6.54 Å². The summed E-state index contributed by atoms with van der Waals surface area (Å²) in [6, 6.07) is 8.10. The fourth-order valence-electron chi connectivity index (χ4n) is 2.14. The second-order valence-corrected chi connectivity index (χ2v) is 5.53. The first-order valence-electron chi connectivity index (χ1n) is 6.19. The van der Waals surface area contributed by atoms with Crippen molar-refractivity contribution in [3.8, 4) is 0 Å². The Morgan fingerprint density at radius 1 is 1.25 bits per heavy atom. The maximum absolute atomic E-state index is 12.5. The van der Waals surface area contributed by atoms with E-state index < -0.39 is 0 Å². The van der Waals surface area contributed by atoms with Crippen LogP contribution in [0.15, 0.2) is 40.0 Å². The van der Waals surface area contributed by atoms with Gasteiger partial charge in [-0.3, -0.25) is 9.36 Å². The number of fused-ring (bicyclic) bond motifs is 1. The number of nitrogens with zero attached hydrogens (tertiary/aromatic N) is 4. The predicted octanol–water partition coefficient (Wildman–Crippen LogP) is 2.25. The Bertz CT molecular complexity index is 833. The Kier molecular flexibility index (Phi) is 3.17. The van der Waals surface area contributed by atoms with Crippen molar-refractivity contribution in [1.82, 2.24) is 19.3 Å². The molecule has 2 heterocycles. The normalized spacial score (nSPS) is 11.2. The number of hydrogen-bond acceptors (Lipinski definition) is 3. The number of aryl methyl sites for hydroxylation is 2. The second-order valence-electron chi connectivity index (χ2n) is 4.78. The highest BCUT2D eigenvalue weighted by atomic mass is 79.9. The quantitative estimate of drug-likeness (QED) is 0.723. The number of rotatable bonds is 2. The van der Waals surface area contributed by atoms with Crippen LogP contribution >= 0.6 is 15.9 Å². The summed E-state index contributed by atoms with van der Waals surface area (Å²) in [5.74, 6) is 0. The zero-order chi connectivity index (χ0) is 14.3. The molecule has 0 aliphatic carbocycles. The number of benzene rings is 1. The van der Waals surface area contributed by atoms with Crippen molar-refractivity contribution in [3.63, 3.8) is 0 Å². The maximum atomic E-state index is 12.5. The highest BCUT2D eigenvalue weighted by Crippen LogP contribution is 2.17. The minimum Gasteiger partial charge on any atom is -0.294 e. The Hall–Kier alpha value is -1.95. The number of halogens is 1. The van der Waals surface area contributed by atoms with E-state index in [0.29, 0.717) is 22.2 Å². The number of aromatic nitrogens is 4. The lowest BCUT2D eigenvalue weighted by Crippen LogP contribution is -2.21. The van der Waals surface area contributed by atoms with Crippen LogP contribution in [0.4, 0.5) is 0 Å². The van der Waals surface area contributed by atoms with Crippen molar-refractivity contribution in [3.05, 3.63) is 56.7 Å². The van der Waals surface area contributed by atoms with Gasteiger partial charge in [-0.25, -0.2) is 9.67 Å². The minimum atomic E-state index is -0.0875. The van der Waals surface area contributed by atoms with Gasteiger partial charge in [-0.2, -0.15) is 5.10 Å². The van der Waals surface area contributed by atoms with E-state index in [2.05, 4.69) is 26.0 Å². The van der Waals surface area contributed by atoms with E-state index in [4.69, 9.17) is 0 Å². The molecule has 102 valence electrons. The largest absolute Gasteiger partial charge is 0.294 e. The van der Waals surface area contributed by atoms with Crippen LogP contribution in [0.1, 0.15) is 11.1 Å². The second kappa shape index (κ2) is 4.86. The molecule has 0 bridgehead atoms. The van der Waals surface area contributed by atoms with Gasteiger partial charge in [-0.15, -0.1) is 0 Å². The standard InChI is InChI=1S/C14H13BrN4O/c1-9-3-5-10(6-4-9)7-19-8-16-13-11(14(19)20)12(15)17-18(13)2/h3-6,8H,7H2,1-2H3. The molecule has 0 aliphatic heterocycles. The van der Waals surface area contributed by atoms with Crippen molar-refractivity contribution >= 4 is 27.0 Å². The Morgan fingerprint density at radius 3 is 2.65 bits per heavy atom. The van der Waals surface area contributed by atoms with Crippen molar-refractivity contribution in [2.45, 2.75) is 13.5 Å². The summed E-state index contributed by atoms with van der Waals surface area (Å²) < 4.78 is 3.72. The highest BCUT2D eigenvalue weighted by molar-refractivity contribution is 9.10. The molecule has 0 atom stereocenters. The SMILES string of the molecule is Cc1ccc(Cn2cnc3c(c(Br)nn3C)c2=O)cc1. The molecule has 6 heteroatoms. The Balaban J connectivity index is 2.09. The lowest BCUT2D eigenvalue weighted by molar-refractivity contribution is 0.737. The van der Waals surface area contributed by atoms with Gasteiger partial charge in [0, 0.05) is 7.05 Å². The molecule has 3 aromatic rings.